The van der Waals surface area contributed by atoms with Gasteiger partial charge >= 0.3 is 6.03 Å². The second-order valence-corrected chi connectivity index (χ2v) is 8.43. The van der Waals surface area contributed by atoms with Crippen LogP contribution in [0.5, 0.6) is 5.75 Å². The summed E-state index contributed by atoms with van der Waals surface area (Å²) in [5, 5.41) is 4.11. The lowest BCUT2D eigenvalue weighted by atomic mass is 9.83. The van der Waals surface area contributed by atoms with E-state index in [0.717, 1.165) is 10.6 Å². The Morgan fingerprint density at radius 3 is 2.27 bits per heavy atom. The lowest BCUT2D eigenvalue weighted by Crippen LogP contribution is -2.51. The third-order valence-corrected chi connectivity index (χ3v) is 6.19. The summed E-state index contributed by atoms with van der Waals surface area (Å²) in [6.45, 7) is 0.132. The molecule has 0 aliphatic carbocycles. The number of hydrogen-bond donors (Lipinski definition) is 2. The first-order valence-electron chi connectivity index (χ1n) is 10.5. The summed E-state index contributed by atoms with van der Waals surface area (Å²) in [7, 11) is 0. The highest BCUT2D eigenvalue weighted by atomic mass is 35.5. The highest BCUT2D eigenvalue weighted by molar-refractivity contribution is 6.30. The number of fused-ring (bicyclic) bond motifs is 1. The molecule has 0 aromatic heterocycles. The summed E-state index contributed by atoms with van der Waals surface area (Å²) in [6.07, 6.45) is 0.383. The van der Waals surface area contributed by atoms with Gasteiger partial charge in [0.15, 0.2) is 5.54 Å². The summed E-state index contributed by atoms with van der Waals surface area (Å²) in [6, 6.07) is 22.4. The number of hydrogen-bond acceptors (Lipinski definition) is 4. The fourth-order valence-electron chi connectivity index (χ4n) is 4.30. The minimum atomic E-state index is -1.45. The average Bonchev–Trinajstić information content (AvgIpc) is 3.10. The quantitative estimate of drug-likeness (QED) is 0.583. The number of nitrogens with zero attached hydrogens (tertiary/aromatic N) is 1. The van der Waals surface area contributed by atoms with Gasteiger partial charge in [0.2, 0.25) is 5.91 Å². The number of ether oxygens (including phenoxy) is 1. The van der Waals surface area contributed by atoms with E-state index in [9.17, 15) is 14.4 Å². The maximum atomic E-state index is 13.7. The normalized spacial score (nSPS) is 18.8. The number of benzene rings is 3. The Kier molecular flexibility index (Phi) is 5.26. The van der Waals surface area contributed by atoms with Crippen LogP contribution in [0.4, 0.5) is 4.79 Å². The molecule has 3 aromatic rings. The standard InChI is InChI=1S/C25H20ClN3O4/c26-20-11-12-21-16(14-20)13-17(15-33-21)22(30)28-29-23(31)25(27-24(29)32,18-7-3-1-4-8-18)19-9-5-2-6-10-19/h1-12,14,17H,13,15H2,(H,27,32)(H,28,30)/t17-/m0/s1. The fraction of sp³-hybridized carbons (Fsp3) is 0.160. The summed E-state index contributed by atoms with van der Waals surface area (Å²) in [5.41, 5.74) is 3.05. The van der Waals surface area contributed by atoms with Crippen molar-refractivity contribution in [2.75, 3.05) is 6.61 Å². The minimum Gasteiger partial charge on any atom is -0.492 e. The Balaban J connectivity index is 1.43. The maximum Gasteiger partial charge on any atom is 0.344 e. The zero-order chi connectivity index (χ0) is 23.0. The number of carbonyl (C=O) groups excluding carboxylic acids is 3. The molecule has 0 saturated carbocycles. The van der Waals surface area contributed by atoms with Crippen molar-refractivity contribution in [3.05, 3.63) is 101 Å². The van der Waals surface area contributed by atoms with Crippen molar-refractivity contribution >= 4 is 29.4 Å². The van der Waals surface area contributed by atoms with Gasteiger partial charge in [-0.3, -0.25) is 15.0 Å². The van der Waals surface area contributed by atoms with Gasteiger partial charge in [0, 0.05) is 5.02 Å². The van der Waals surface area contributed by atoms with Gasteiger partial charge in [-0.25, -0.2) is 4.79 Å². The number of nitrogens with one attached hydrogen (secondary N) is 2. The second-order valence-electron chi connectivity index (χ2n) is 7.99. The second kappa shape index (κ2) is 8.26. The maximum absolute atomic E-state index is 13.7. The molecule has 1 atom stereocenters. The predicted molar refractivity (Wildman–Crippen MR) is 121 cm³/mol. The number of halogens is 1. The van der Waals surface area contributed by atoms with Gasteiger partial charge < -0.3 is 10.1 Å². The van der Waals surface area contributed by atoms with Crippen molar-refractivity contribution in [1.29, 1.82) is 0 Å². The monoisotopic (exact) mass is 461 g/mol. The van der Waals surface area contributed by atoms with Crippen LogP contribution in [-0.2, 0) is 21.5 Å². The van der Waals surface area contributed by atoms with Crippen molar-refractivity contribution < 1.29 is 19.1 Å². The van der Waals surface area contributed by atoms with Crippen LogP contribution in [0.2, 0.25) is 5.02 Å². The Morgan fingerprint density at radius 1 is 1.00 bits per heavy atom. The zero-order valence-corrected chi connectivity index (χ0v) is 18.2. The van der Waals surface area contributed by atoms with E-state index in [4.69, 9.17) is 16.3 Å². The molecule has 0 radical (unpaired) electrons. The van der Waals surface area contributed by atoms with Crippen molar-refractivity contribution in [2.24, 2.45) is 5.92 Å². The van der Waals surface area contributed by atoms with Crippen molar-refractivity contribution in [2.45, 2.75) is 12.0 Å². The molecule has 0 bridgehead atoms. The molecule has 0 spiro atoms. The van der Waals surface area contributed by atoms with Crippen molar-refractivity contribution in [3.8, 4) is 5.75 Å². The van der Waals surface area contributed by atoms with E-state index >= 15 is 0 Å². The molecule has 33 heavy (non-hydrogen) atoms. The highest BCUT2D eigenvalue weighted by Gasteiger charge is 2.54. The zero-order valence-electron chi connectivity index (χ0n) is 17.5. The molecule has 1 fully saturated rings. The number of carbonyl (C=O) groups is 3. The van der Waals surface area contributed by atoms with Gasteiger partial charge in [-0.2, -0.15) is 5.01 Å². The van der Waals surface area contributed by atoms with E-state index in [-0.39, 0.29) is 6.61 Å². The summed E-state index contributed by atoms with van der Waals surface area (Å²) in [4.78, 5) is 39.6. The van der Waals surface area contributed by atoms with Gasteiger partial charge in [0.25, 0.3) is 5.91 Å². The molecule has 3 aromatic carbocycles. The van der Waals surface area contributed by atoms with Crippen LogP contribution in [0.3, 0.4) is 0 Å². The number of amides is 4. The number of hydrazine groups is 1. The third-order valence-electron chi connectivity index (χ3n) is 5.96. The van der Waals surface area contributed by atoms with Gasteiger partial charge in [-0.1, -0.05) is 72.3 Å². The molecule has 4 amide bonds. The largest absolute Gasteiger partial charge is 0.492 e. The lowest BCUT2D eigenvalue weighted by molar-refractivity contribution is -0.140. The molecule has 2 aliphatic heterocycles. The molecule has 166 valence electrons. The first-order valence-corrected chi connectivity index (χ1v) is 10.9. The molecule has 2 heterocycles. The number of urea groups is 1. The molecule has 1 saturated heterocycles. The Labute approximate surface area is 195 Å². The third kappa shape index (κ3) is 3.60. The van der Waals surface area contributed by atoms with E-state index in [2.05, 4.69) is 10.7 Å². The molecule has 2 N–H and O–H groups in total. The Morgan fingerprint density at radius 2 is 1.64 bits per heavy atom. The van der Waals surface area contributed by atoms with Crippen molar-refractivity contribution in [3.63, 3.8) is 0 Å². The SMILES string of the molecule is O=C(NN1C(=O)NC(c2ccccc2)(c2ccccc2)C1=O)[C@@H]1COc2ccc(Cl)cc2C1. The topological polar surface area (TPSA) is 87.7 Å². The highest BCUT2D eigenvalue weighted by Crippen LogP contribution is 2.36. The van der Waals surface area contributed by atoms with Crippen LogP contribution in [0.25, 0.3) is 0 Å². The Hall–Kier alpha value is -3.84. The van der Waals surface area contributed by atoms with Crippen LogP contribution < -0.4 is 15.5 Å². The number of imide groups is 1. The first-order chi connectivity index (χ1) is 16.0. The molecule has 0 unspecified atom stereocenters. The fourth-order valence-corrected chi connectivity index (χ4v) is 4.49. The van der Waals surface area contributed by atoms with Gasteiger partial charge in [0.1, 0.15) is 12.4 Å². The predicted octanol–water partition coefficient (Wildman–Crippen LogP) is 3.42. The summed E-state index contributed by atoms with van der Waals surface area (Å²) < 4.78 is 5.69. The van der Waals surface area contributed by atoms with Crippen LogP contribution in [0.15, 0.2) is 78.9 Å². The van der Waals surface area contributed by atoms with Crippen LogP contribution >= 0.6 is 11.6 Å². The van der Waals surface area contributed by atoms with Crippen LogP contribution in [0.1, 0.15) is 16.7 Å². The van der Waals surface area contributed by atoms with E-state index in [0.29, 0.717) is 28.3 Å². The van der Waals surface area contributed by atoms with Crippen molar-refractivity contribution in [1.82, 2.24) is 15.8 Å². The minimum absolute atomic E-state index is 0.132. The smallest absolute Gasteiger partial charge is 0.344 e. The lowest BCUT2D eigenvalue weighted by Gasteiger charge is -2.28. The van der Waals surface area contributed by atoms with E-state index < -0.39 is 29.3 Å². The van der Waals surface area contributed by atoms with Crippen LogP contribution in [0, 0.1) is 5.92 Å². The molecule has 5 rings (SSSR count). The molecule has 2 aliphatic rings. The summed E-state index contributed by atoms with van der Waals surface area (Å²) in [5.74, 6) is -0.981. The van der Waals surface area contributed by atoms with Gasteiger partial charge in [-0.15, -0.1) is 0 Å². The Bertz CT molecular complexity index is 1190. The van der Waals surface area contributed by atoms with E-state index in [1.807, 2.05) is 12.1 Å². The van der Waals surface area contributed by atoms with E-state index in [1.165, 1.54) is 0 Å². The molecular formula is C25H20ClN3O4. The molecular weight excluding hydrogens is 442 g/mol. The van der Waals surface area contributed by atoms with Gasteiger partial charge in [0.05, 0.1) is 5.92 Å². The first kappa shape index (κ1) is 21.0. The summed E-state index contributed by atoms with van der Waals surface area (Å²) >= 11 is 6.07. The van der Waals surface area contributed by atoms with Gasteiger partial charge in [-0.05, 0) is 41.3 Å². The average molecular weight is 462 g/mol. The molecule has 8 heteroatoms. The number of rotatable bonds is 4. The molecule has 7 nitrogen and oxygen atoms in total. The van der Waals surface area contributed by atoms with E-state index in [1.54, 1.807) is 66.7 Å². The van der Waals surface area contributed by atoms with Crippen LogP contribution in [-0.4, -0.2) is 29.5 Å².